The van der Waals surface area contributed by atoms with E-state index in [4.69, 9.17) is 5.73 Å². The van der Waals surface area contributed by atoms with E-state index in [2.05, 4.69) is 0 Å². The molecule has 0 saturated heterocycles. The fraction of sp³-hybridized carbons (Fsp3) is 0.200. The molecule has 0 fully saturated rings. The number of nitrogens with zero attached hydrogens (tertiary/aromatic N) is 1. The molecule has 0 aliphatic heterocycles. The standard InChI is InChI=1S/C15H18N2O2S/c1-17(13-9-7-12(11-16)8-10-13)14-5-3-4-6-15(14)20(2,18)19/h3-10H,11,16H2,1-2H3. The van der Waals surface area contributed by atoms with Crippen LogP contribution in [0.3, 0.4) is 0 Å². The van der Waals surface area contributed by atoms with E-state index in [1.165, 1.54) is 6.26 Å². The van der Waals surface area contributed by atoms with Gasteiger partial charge in [0.05, 0.1) is 10.6 Å². The number of anilines is 2. The van der Waals surface area contributed by atoms with Crippen LogP contribution in [0.2, 0.25) is 0 Å². The summed E-state index contributed by atoms with van der Waals surface area (Å²) in [5.41, 5.74) is 8.19. The number of benzene rings is 2. The molecule has 5 heteroatoms. The molecule has 0 spiro atoms. The molecule has 106 valence electrons. The van der Waals surface area contributed by atoms with Gasteiger partial charge >= 0.3 is 0 Å². The summed E-state index contributed by atoms with van der Waals surface area (Å²) in [6.45, 7) is 0.490. The Labute approximate surface area is 119 Å². The van der Waals surface area contributed by atoms with Gasteiger partial charge < -0.3 is 10.6 Å². The largest absolute Gasteiger partial charge is 0.344 e. The average Bonchev–Trinajstić information content (AvgIpc) is 2.46. The van der Waals surface area contributed by atoms with E-state index in [-0.39, 0.29) is 0 Å². The molecule has 0 bridgehead atoms. The Kier molecular flexibility index (Phi) is 4.11. The average molecular weight is 290 g/mol. The molecule has 2 rings (SSSR count). The number of hydrogen-bond donors (Lipinski definition) is 1. The van der Waals surface area contributed by atoms with Gasteiger partial charge in [0, 0.05) is 25.5 Å². The molecule has 0 saturated carbocycles. The number of hydrogen-bond acceptors (Lipinski definition) is 4. The molecular formula is C15H18N2O2S. The molecule has 0 radical (unpaired) electrons. The molecule has 0 aliphatic carbocycles. The quantitative estimate of drug-likeness (QED) is 0.938. The van der Waals surface area contributed by atoms with Crippen molar-refractivity contribution in [2.45, 2.75) is 11.4 Å². The monoisotopic (exact) mass is 290 g/mol. The zero-order chi connectivity index (χ0) is 14.8. The summed E-state index contributed by atoms with van der Waals surface area (Å²) in [6, 6.07) is 14.7. The van der Waals surface area contributed by atoms with Crippen molar-refractivity contribution in [1.29, 1.82) is 0 Å². The van der Waals surface area contributed by atoms with Gasteiger partial charge in [0.1, 0.15) is 0 Å². The van der Waals surface area contributed by atoms with Crippen LogP contribution in [0.1, 0.15) is 5.56 Å². The van der Waals surface area contributed by atoms with Crippen molar-refractivity contribution in [2.75, 3.05) is 18.2 Å². The minimum absolute atomic E-state index is 0.324. The molecule has 0 atom stereocenters. The second kappa shape index (κ2) is 5.64. The maximum Gasteiger partial charge on any atom is 0.177 e. The molecule has 4 nitrogen and oxygen atoms in total. The first-order valence-corrected chi connectivity index (χ1v) is 8.14. The highest BCUT2D eigenvalue weighted by molar-refractivity contribution is 7.90. The van der Waals surface area contributed by atoms with E-state index in [1.54, 1.807) is 18.2 Å². The van der Waals surface area contributed by atoms with Crippen LogP contribution in [0.4, 0.5) is 11.4 Å². The van der Waals surface area contributed by atoms with Gasteiger partial charge in [-0.1, -0.05) is 24.3 Å². The molecule has 0 aromatic heterocycles. The van der Waals surface area contributed by atoms with Gasteiger partial charge in [0.2, 0.25) is 0 Å². The molecule has 2 N–H and O–H groups in total. The molecule has 2 aromatic rings. The minimum Gasteiger partial charge on any atom is -0.344 e. The van der Waals surface area contributed by atoms with Crippen molar-refractivity contribution in [1.82, 2.24) is 0 Å². The molecule has 20 heavy (non-hydrogen) atoms. The van der Waals surface area contributed by atoms with E-state index < -0.39 is 9.84 Å². The minimum atomic E-state index is -3.26. The molecule has 0 amide bonds. The summed E-state index contributed by atoms with van der Waals surface area (Å²) < 4.78 is 23.7. The van der Waals surface area contributed by atoms with Crippen LogP contribution in [0.25, 0.3) is 0 Å². The second-order valence-electron chi connectivity index (χ2n) is 4.67. The van der Waals surface area contributed by atoms with Crippen molar-refractivity contribution < 1.29 is 8.42 Å². The Morgan fingerprint density at radius 3 is 2.20 bits per heavy atom. The van der Waals surface area contributed by atoms with Crippen molar-refractivity contribution in [3.05, 3.63) is 54.1 Å². The highest BCUT2D eigenvalue weighted by Crippen LogP contribution is 2.29. The fourth-order valence-corrected chi connectivity index (χ4v) is 2.95. The van der Waals surface area contributed by atoms with E-state index in [0.717, 1.165) is 11.3 Å². The predicted molar refractivity (Wildman–Crippen MR) is 81.9 cm³/mol. The fourth-order valence-electron chi connectivity index (χ4n) is 2.04. The van der Waals surface area contributed by atoms with Crippen LogP contribution >= 0.6 is 0 Å². The van der Waals surface area contributed by atoms with Crippen molar-refractivity contribution >= 4 is 21.2 Å². The Morgan fingerprint density at radius 2 is 1.65 bits per heavy atom. The topological polar surface area (TPSA) is 63.4 Å². The first-order valence-electron chi connectivity index (χ1n) is 6.25. The Morgan fingerprint density at radius 1 is 1.05 bits per heavy atom. The van der Waals surface area contributed by atoms with Crippen LogP contribution in [-0.2, 0) is 16.4 Å². The van der Waals surface area contributed by atoms with Gasteiger partial charge in [0.15, 0.2) is 9.84 Å². The number of nitrogens with two attached hydrogens (primary N) is 1. The third-order valence-electron chi connectivity index (χ3n) is 3.19. The zero-order valence-electron chi connectivity index (χ0n) is 11.6. The first-order chi connectivity index (χ1) is 9.43. The Bertz CT molecular complexity index is 694. The van der Waals surface area contributed by atoms with E-state index in [1.807, 2.05) is 42.3 Å². The van der Waals surface area contributed by atoms with Crippen LogP contribution in [0, 0.1) is 0 Å². The third kappa shape index (κ3) is 3.00. The van der Waals surface area contributed by atoms with Crippen molar-refractivity contribution in [3.8, 4) is 0 Å². The normalized spacial score (nSPS) is 11.3. The zero-order valence-corrected chi connectivity index (χ0v) is 12.4. The van der Waals surface area contributed by atoms with Gasteiger partial charge in [-0.3, -0.25) is 0 Å². The maximum absolute atomic E-state index is 11.8. The molecular weight excluding hydrogens is 272 g/mol. The summed E-state index contributed by atoms with van der Waals surface area (Å²) in [4.78, 5) is 2.18. The lowest BCUT2D eigenvalue weighted by molar-refractivity contribution is 0.602. The summed E-state index contributed by atoms with van der Waals surface area (Å²) in [7, 11) is -1.41. The van der Waals surface area contributed by atoms with Crippen LogP contribution in [0.5, 0.6) is 0 Å². The van der Waals surface area contributed by atoms with E-state index in [0.29, 0.717) is 17.1 Å². The third-order valence-corrected chi connectivity index (χ3v) is 4.33. The second-order valence-corrected chi connectivity index (χ2v) is 6.65. The molecule has 0 unspecified atom stereocenters. The SMILES string of the molecule is CN(c1ccc(CN)cc1)c1ccccc1S(C)(=O)=O. The first kappa shape index (κ1) is 14.6. The number of para-hydroxylation sites is 1. The highest BCUT2D eigenvalue weighted by Gasteiger charge is 2.16. The van der Waals surface area contributed by atoms with Crippen LogP contribution in [-0.4, -0.2) is 21.7 Å². The molecule has 2 aromatic carbocycles. The maximum atomic E-state index is 11.8. The van der Waals surface area contributed by atoms with Crippen molar-refractivity contribution in [2.24, 2.45) is 5.73 Å². The number of sulfone groups is 1. The summed E-state index contributed by atoms with van der Waals surface area (Å²) in [5, 5.41) is 0. The van der Waals surface area contributed by atoms with Gasteiger partial charge in [-0.05, 0) is 29.8 Å². The summed E-state index contributed by atoms with van der Waals surface area (Å²) >= 11 is 0. The van der Waals surface area contributed by atoms with E-state index >= 15 is 0 Å². The summed E-state index contributed by atoms with van der Waals surface area (Å²) in [5.74, 6) is 0. The lowest BCUT2D eigenvalue weighted by Gasteiger charge is -2.22. The molecule has 0 aliphatic rings. The Hall–Kier alpha value is -1.85. The van der Waals surface area contributed by atoms with Gasteiger partial charge in [-0.25, -0.2) is 8.42 Å². The lowest BCUT2D eigenvalue weighted by Crippen LogP contribution is -2.13. The van der Waals surface area contributed by atoms with Gasteiger partial charge in [-0.15, -0.1) is 0 Å². The van der Waals surface area contributed by atoms with Crippen LogP contribution < -0.4 is 10.6 Å². The highest BCUT2D eigenvalue weighted by atomic mass is 32.2. The smallest absolute Gasteiger partial charge is 0.177 e. The number of rotatable bonds is 4. The van der Waals surface area contributed by atoms with Crippen LogP contribution in [0.15, 0.2) is 53.4 Å². The lowest BCUT2D eigenvalue weighted by atomic mass is 10.2. The van der Waals surface area contributed by atoms with E-state index in [9.17, 15) is 8.42 Å². The summed E-state index contributed by atoms with van der Waals surface area (Å²) in [6.07, 6.45) is 1.22. The predicted octanol–water partition coefficient (Wildman–Crippen LogP) is 2.32. The molecule has 0 heterocycles. The Balaban J connectivity index is 2.45. The van der Waals surface area contributed by atoms with Crippen molar-refractivity contribution in [3.63, 3.8) is 0 Å². The van der Waals surface area contributed by atoms with Gasteiger partial charge in [-0.2, -0.15) is 0 Å². The van der Waals surface area contributed by atoms with Gasteiger partial charge in [0.25, 0.3) is 0 Å².